The second-order valence-electron chi connectivity index (χ2n) is 7.73. The summed E-state index contributed by atoms with van der Waals surface area (Å²) in [7, 11) is 0. The number of carbonyl (C=O) groups excluding carboxylic acids is 2. The Labute approximate surface area is 152 Å². The number of rotatable bonds is 9. The van der Waals surface area contributed by atoms with Crippen LogP contribution in [0.25, 0.3) is 0 Å². The van der Waals surface area contributed by atoms with Gasteiger partial charge >= 0.3 is 0 Å². The van der Waals surface area contributed by atoms with E-state index in [1.807, 2.05) is 6.92 Å². The van der Waals surface area contributed by atoms with Crippen LogP contribution in [0, 0.1) is 17.8 Å². The van der Waals surface area contributed by atoms with Gasteiger partial charge in [0.05, 0.1) is 0 Å². The van der Waals surface area contributed by atoms with Crippen LogP contribution in [0.15, 0.2) is 0 Å². The molecular formula is C22H44O2. The molecule has 24 heavy (non-hydrogen) atoms. The predicted molar refractivity (Wildman–Crippen MR) is 106 cm³/mol. The molecule has 1 aliphatic rings. The van der Waals surface area contributed by atoms with Crippen molar-refractivity contribution in [3.8, 4) is 0 Å². The molecule has 0 saturated heterocycles. The third kappa shape index (κ3) is 19.4. The molecule has 1 rings (SSSR count). The smallest absolute Gasteiger partial charge is 0.133 e. The molecule has 0 N–H and O–H groups in total. The Hall–Kier alpha value is -0.660. The largest absolute Gasteiger partial charge is 0.303 e. The average molecular weight is 341 g/mol. The number of ketones is 1. The molecule has 0 amide bonds. The lowest BCUT2D eigenvalue weighted by atomic mass is 9.96. The summed E-state index contributed by atoms with van der Waals surface area (Å²) in [4.78, 5) is 20.0. The molecule has 1 aliphatic carbocycles. The summed E-state index contributed by atoms with van der Waals surface area (Å²) in [6.07, 6.45) is 13.7. The van der Waals surface area contributed by atoms with Crippen LogP contribution in [0.2, 0.25) is 0 Å². The van der Waals surface area contributed by atoms with Crippen molar-refractivity contribution in [1.29, 1.82) is 0 Å². The normalized spacial score (nSPS) is 17.6. The summed E-state index contributed by atoms with van der Waals surface area (Å²) in [6, 6.07) is 0. The van der Waals surface area contributed by atoms with Crippen LogP contribution in [0.5, 0.6) is 0 Å². The molecule has 2 heteroatoms. The zero-order valence-corrected chi connectivity index (χ0v) is 17.4. The number of hydrogen-bond donors (Lipinski definition) is 0. The molecule has 0 aliphatic heterocycles. The van der Waals surface area contributed by atoms with Crippen LogP contribution in [0.3, 0.4) is 0 Å². The van der Waals surface area contributed by atoms with Crippen molar-refractivity contribution in [3.63, 3.8) is 0 Å². The fraction of sp³-hybridized carbons (Fsp3) is 0.909. The number of hydrogen-bond acceptors (Lipinski definition) is 2. The molecule has 2 unspecified atom stereocenters. The topological polar surface area (TPSA) is 34.1 Å². The zero-order valence-electron chi connectivity index (χ0n) is 17.4. The van der Waals surface area contributed by atoms with Crippen molar-refractivity contribution in [1.82, 2.24) is 0 Å². The van der Waals surface area contributed by atoms with E-state index in [0.29, 0.717) is 12.2 Å². The zero-order chi connectivity index (χ0) is 18.8. The highest BCUT2D eigenvalue weighted by molar-refractivity contribution is 5.80. The van der Waals surface area contributed by atoms with Crippen molar-refractivity contribution in [2.45, 2.75) is 112 Å². The lowest BCUT2D eigenvalue weighted by Gasteiger charge is -2.10. The lowest BCUT2D eigenvalue weighted by Crippen LogP contribution is -1.95. The number of unbranched alkanes of at least 4 members (excludes halogenated alkanes) is 1. The maximum Gasteiger partial charge on any atom is 0.133 e. The molecule has 1 fully saturated rings. The predicted octanol–water partition coefficient (Wildman–Crippen LogP) is 7.00. The van der Waals surface area contributed by atoms with Crippen LogP contribution in [0.4, 0.5) is 0 Å². The maximum absolute atomic E-state index is 10.6. The lowest BCUT2D eigenvalue weighted by molar-refractivity contribution is -0.117. The SMILES string of the molecule is CCC1CCC(=O)C1.CCCC(C)CCCC(C)C.CCCC=O. The molecule has 1 saturated carbocycles. The first kappa shape index (κ1) is 25.6. The van der Waals surface area contributed by atoms with Gasteiger partial charge in [-0.15, -0.1) is 0 Å². The highest BCUT2D eigenvalue weighted by atomic mass is 16.1. The van der Waals surface area contributed by atoms with E-state index in [-0.39, 0.29) is 0 Å². The van der Waals surface area contributed by atoms with Gasteiger partial charge in [0.15, 0.2) is 0 Å². The minimum atomic E-state index is 0.469. The van der Waals surface area contributed by atoms with E-state index in [0.717, 1.165) is 49.7 Å². The molecular weight excluding hydrogens is 296 g/mol. The molecule has 0 aromatic rings. The first-order valence-corrected chi connectivity index (χ1v) is 10.4. The molecule has 0 aromatic carbocycles. The van der Waals surface area contributed by atoms with E-state index in [1.54, 1.807) is 0 Å². The number of Topliss-reactive ketones (excluding diaryl/α,β-unsaturated/α-hetero) is 1. The first-order valence-electron chi connectivity index (χ1n) is 10.4. The number of carbonyl (C=O) groups is 2. The summed E-state index contributed by atoms with van der Waals surface area (Å²) in [5.74, 6) is 3.04. The Kier molecular flexibility index (Phi) is 19.9. The van der Waals surface area contributed by atoms with Gasteiger partial charge in [-0.25, -0.2) is 0 Å². The van der Waals surface area contributed by atoms with Crippen molar-refractivity contribution >= 4 is 12.1 Å². The second kappa shape index (κ2) is 18.7. The van der Waals surface area contributed by atoms with Crippen molar-refractivity contribution < 1.29 is 9.59 Å². The Morgan fingerprint density at radius 1 is 1.04 bits per heavy atom. The van der Waals surface area contributed by atoms with Crippen molar-refractivity contribution in [2.75, 3.05) is 0 Å². The first-order chi connectivity index (χ1) is 11.4. The molecule has 0 spiro atoms. The summed E-state index contributed by atoms with van der Waals surface area (Å²) in [5, 5.41) is 0. The molecule has 2 nitrogen and oxygen atoms in total. The quantitative estimate of drug-likeness (QED) is 0.423. The van der Waals surface area contributed by atoms with Gasteiger partial charge in [-0.2, -0.15) is 0 Å². The van der Waals surface area contributed by atoms with Gasteiger partial charge in [0.2, 0.25) is 0 Å². The third-order valence-corrected chi connectivity index (χ3v) is 4.59. The summed E-state index contributed by atoms with van der Waals surface area (Å²) < 4.78 is 0. The second-order valence-corrected chi connectivity index (χ2v) is 7.73. The van der Waals surface area contributed by atoms with E-state index >= 15 is 0 Å². The van der Waals surface area contributed by atoms with Crippen LogP contribution in [-0.4, -0.2) is 12.1 Å². The van der Waals surface area contributed by atoms with Gasteiger partial charge in [-0.1, -0.05) is 80.1 Å². The van der Waals surface area contributed by atoms with Crippen molar-refractivity contribution in [2.24, 2.45) is 17.8 Å². The molecule has 0 radical (unpaired) electrons. The van der Waals surface area contributed by atoms with Gasteiger partial charge in [0, 0.05) is 19.3 Å². The summed E-state index contributed by atoms with van der Waals surface area (Å²) in [6.45, 7) is 13.4. The number of aldehydes is 1. The minimum absolute atomic E-state index is 0.469. The van der Waals surface area contributed by atoms with Gasteiger partial charge in [0.1, 0.15) is 12.1 Å². The van der Waals surface area contributed by atoms with Crippen molar-refractivity contribution in [3.05, 3.63) is 0 Å². The van der Waals surface area contributed by atoms with Gasteiger partial charge in [0.25, 0.3) is 0 Å². The Bertz CT molecular complexity index is 284. The van der Waals surface area contributed by atoms with Crippen LogP contribution >= 0.6 is 0 Å². The van der Waals surface area contributed by atoms with E-state index in [1.165, 1.54) is 38.5 Å². The Morgan fingerprint density at radius 3 is 2.00 bits per heavy atom. The minimum Gasteiger partial charge on any atom is -0.303 e. The Balaban J connectivity index is 0. The van der Waals surface area contributed by atoms with Crippen LogP contribution < -0.4 is 0 Å². The van der Waals surface area contributed by atoms with E-state index in [2.05, 4.69) is 34.6 Å². The third-order valence-electron chi connectivity index (χ3n) is 4.59. The fourth-order valence-corrected chi connectivity index (χ4v) is 2.87. The maximum atomic E-state index is 10.6. The van der Waals surface area contributed by atoms with E-state index in [4.69, 9.17) is 0 Å². The summed E-state index contributed by atoms with van der Waals surface area (Å²) >= 11 is 0. The highest BCUT2D eigenvalue weighted by Crippen LogP contribution is 2.23. The Morgan fingerprint density at radius 2 is 1.71 bits per heavy atom. The molecule has 0 bridgehead atoms. The summed E-state index contributed by atoms with van der Waals surface area (Å²) in [5.41, 5.74) is 0. The molecule has 0 heterocycles. The molecule has 0 aromatic heterocycles. The van der Waals surface area contributed by atoms with Gasteiger partial charge < -0.3 is 4.79 Å². The fourth-order valence-electron chi connectivity index (χ4n) is 2.87. The van der Waals surface area contributed by atoms with Crippen LogP contribution in [0.1, 0.15) is 112 Å². The molecule has 144 valence electrons. The van der Waals surface area contributed by atoms with Gasteiger partial charge in [-0.05, 0) is 30.6 Å². The van der Waals surface area contributed by atoms with Crippen LogP contribution in [-0.2, 0) is 9.59 Å². The van der Waals surface area contributed by atoms with E-state index in [9.17, 15) is 9.59 Å². The van der Waals surface area contributed by atoms with E-state index < -0.39 is 0 Å². The average Bonchev–Trinajstić information content (AvgIpc) is 2.95. The standard InChI is InChI=1S/C11H24.C7H12O.C4H8O/c1-5-7-11(4)9-6-8-10(2)3;1-2-6-3-4-7(8)5-6;1-2-3-4-5/h10-11H,5-9H2,1-4H3;6H,2-5H2,1H3;4H,2-3H2,1H3. The monoisotopic (exact) mass is 340 g/mol. The molecule has 2 atom stereocenters. The highest BCUT2D eigenvalue weighted by Gasteiger charge is 2.19. The van der Waals surface area contributed by atoms with Gasteiger partial charge in [-0.3, -0.25) is 4.79 Å².